The lowest BCUT2D eigenvalue weighted by molar-refractivity contribution is -0.116. The molecule has 1 aromatic heterocycles. The van der Waals surface area contributed by atoms with Gasteiger partial charge in [0.25, 0.3) is 0 Å². The molecule has 0 fully saturated rings. The quantitative estimate of drug-likeness (QED) is 0.762. The zero-order valence-electron chi connectivity index (χ0n) is 12.8. The maximum atomic E-state index is 12.2. The van der Waals surface area contributed by atoms with E-state index in [1.54, 1.807) is 6.20 Å². The first-order chi connectivity index (χ1) is 11.3. The summed E-state index contributed by atoms with van der Waals surface area (Å²) in [6.07, 6.45) is 2.92. The van der Waals surface area contributed by atoms with E-state index in [2.05, 4.69) is 10.3 Å². The van der Waals surface area contributed by atoms with Crippen molar-refractivity contribution >= 4 is 11.6 Å². The average molecular weight is 302 g/mol. The Balaban J connectivity index is 1.69. The van der Waals surface area contributed by atoms with E-state index < -0.39 is 0 Å². The molecule has 0 aliphatic carbocycles. The number of aromatic nitrogens is 1. The van der Waals surface area contributed by atoms with Crippen LogP contribution >= 0.6 is 0 Å². The first-order valence-electron chi connectivity index (χ1n) is 7.67. The van der Waals surface area contributed by atoms with Crippen LogP contribution in [-0.2, 0) is 11.2 Å². The van der Waals surface area contributed by atoms with Crippen molar-refractivity contribution in [2.45, 2.75) is 12.8 Å². The molecule has 3 nitrogen and oxygen atoms in total. The lowest BCUT2D eigenvalue weighted by Gasteiger charge is -2.10. The highest BCUT2D eigenvalue weighted by Gasteiger charge is 2.09. The second-order valence-corrected chi connectivity index (χ2v) is 5.30. The van der Waals surface area contributed by atoms with Crippen molar-refractivity contribution in [1.82, 2.24) is 4.98 Å². The van der Waals surface area contributed by atoms with Crippen molar-refractivity contribution in [3.63, 3.8) is 0 Å². The smallest absolute Gasteiger partial charge is 0.224 e. The van der Waals surface area contributed by atoms with Gasteiger partial charge in [0.05, 0.1) is 11.4 Å². The van der Waals surface area contributed by atoms with Gasteiger partial charge in [-0.3, -0.25) is 9.78 Å². The van der Waals surface area contributed by atoms with Crippen LogP contribution in [0.25, 0.3) is 11.3 Å². The molecule has 0 saturated carbocycles. The van der Waals surface area contributed by atoms with Crippen LogP contribution in [0.1, 0.15) is 12.0 Å². The fraction of sp³-hybridized carbons (Fsp3) is 0.100. The van der Waals surface area contributed by atoms with Gasteiger partial charge in [0.2, 0.25) is 5.91 Å². The molecule has 1 amide bonds. The molecule has 1 N–H and O–H groups in total. The second-order valence-electron chi connectivity index (χ2n) is 5.30. The zero-order chi connectivity index (χ0) is 15.9. The summed E-state index contributed by atoms with van der Waals surface area (Å²) in [5.74, 6) is -0.000894. The van der Waals surface area contributed by atoms with E-state index >= 15 is 0 Å². The Labute approximate surface area is 136 Å². The average Bonchev–Trinajstić information content (AvgIpc) is 2.62. The SMILES string of the molecule is O=C(CCc1ccccc1)Nc1cccnc1-c1ccccc1. The highest BCUT2D eigenvalue weighted by Crippen LogP contribution is 2.25. The molecule has 0 spiro atoms. The molecule has 0 radical (unpaired) electrons. The molecule has 23 heavy (non-hydrogen) atoms. The third-order valence-corrected chi connectivity index (χ3v) is 3.61. The third kappa shape index (κ3) is 4.04. The van der Waals surface area contributed by atoms with Gasteiger partial charge in [0.1, 0.15) is 0 Å². The number of rotatable bonds is 5. The molecule has 0 aliphatic heterocycles. The number of carbonyl (C=O) groups excluding carboxylic acids is 1. The number of carbonyl (C=O) groups is 1. The highest BCUT2D eigenvalue weighted by molar-refractivity contribution is 5.94. The fourth-order valence-corrected chi connectivity index (χ4v) is 2.45. The number of aryl methyl sites for hydroxylation is 1. The van der Waals surface area contributed by atoms with E-state index in [4.69, 9.17) is 0 Å². The van der Waals surface area contributed by atoms with E-state index in [0.717, 1.165) is 28.9 Å². The molecule has 3 aromatic rings. The topological polar surface area (TPSA) is 42.0 Å². The van der Waals surface area contributed by atoms with Crippen LogP contribution in [0.4, 0.5) is 5.69 Å². The van der Waals surface area contributed by atoms with Crippen molar-refractivity contribution in [3.05, 3.63) is 84.6 Å². The zero-order valence-corrected chi connectivity index (χ0v) is 12.8. The Morgan fingerprint density at radius 2 is 1.57 bits per heavy atom. The van der Waals surface area contributed by atoms with Crippen LogP contribution in [0.5, 0.6) is 0 Å². The van der Waals surface area contributed by atoms with E-state index in [9.17, 15) is 4.79 Å². The Morgan fingerprint density at radius 3 is 2.30 bits per heavy atom. The van der Waals surface area contributed by atoms with Crippen molar-refractivity contribution in [1.29, 1.82) is 0 Å². The third-order valence-electron chi connectivity index (χ3n) is 3.61. The van der Waals surface area contributed by atoms with Gasteiger partial charge in [-0.15, -0.1) is 0 Å². The van der Waals surface area contributed by atoms with Crippen LogP contribution in [0.3, 0.4) is 0 Å². The number of nitrogens with one attached hydrogen (secondary N) is 1. The molecule has 0 aliphatic rings. The normalized spacial score (nSPS) is 10.3. The largest absolute Gasteiger partial charge is 0.324 e. The molecule has 0 bridgehead atoms. The van der Waals surface area contributed by atoms with Crippen LogP contribution in [0, 0.1) is 0 Å². The molecule has 0 saturated heterocycles. The number of hydrogen-bond donors (Lipinski definition) is 1. The van der Waals surface area contributed by atoms with Gasteiger partial charge in [-0.1, -0.05) is 60.7 Å². The first-order valence-corrected chi connectivity index (χ1v) is 7.67. The van der Waals surface area contributed by atoms with Crippen molar-refractivity contribution in [2.24, 2.45) is 0 Å². The number of hydrogen-bond acceptors (Lipinski definition) is 2. The Hall–Kier alpha value is -2.94. The maximum Gasteiger partial charge on any atom is 0.224 e. The van der Waals surface area contributed by atoms with Crippen LogP contribution in [0.2, 0.25) is 0 Å². The summed E-state index contributed by atoms with van der Waals surface area (Å²) in [6, 6.07) is 23.6. The molecule has 0 unspecified atom stereocenters. The standard InChI is InChI=1S/C20H18N2O/c23-19(14-13-16-8-3-1-4-9-16)22-18-12-7-15-21-20(18)17-10-5-2-6-11-17/h1-12,15H,13-14H2,(H,22,23). The molecule has 114 valence electrons. The first kappa shape index (κ1) is 15.0. The molecular weight excluding hydrogens is 284 g/mol. The minimum absolute atomic E-state index is 0.000894. The molecule has 0 atom stereocenters. The summed E-state index contributed by atoms with van der Waals surface area (Å²) in [6.45, 7) is 0. The van der Waals surface area contributed by atoms with Gasteiger partial charge in [-0.2, -0.15) is 0 Å². The van der Waals surface area contributed by atoms with Gasteiger partial charge in [-0.05, 0) is 24.1 Å². The van der Waals surface area contributed by atoms with Crippen molar-refractivity contribution < 1.29 is 4.79 Å². The van der Waals surface area contributed by atoms with Crippen LogP contribution in [0.15, 0.2) is 79.0 Å². The molecule has 1 heterocycles. The Morgan fingerprint density at radius 1 is 0.870 bits per heavy atom. The van der Waals surface area contributed by atoms with Gasteiger partial charge in [-0.25, -0.2) is 0 Å². The predicted molar refractivity (Wildman–Crippen MR) is 93.1 cm³/mol. The Bertz CT molecular complexity index is 770. The van der Waals surface area contributed by atoms with Crippen LogP contribution < -0.4 is 5.32 Å². The lowest BCUT2D eigenvalue weighted by Crippen LogP contribution is -2.13. The van der Waals surface area contributed by atoms with Gasteiger partial charge < -0.3 is 5.32 Å². The number of anilines is 1. The van der Waals surface area contributed by atoms with Crippen molar-refractivity contribution in [3.8, 4) is 11.3 Å². The molecule has 3 rings (SSSR count). The summed E-state index contributed by atoms with van der Waals surface area (Å²) in [5.41, 5.74) is 3.70. The van der Waals surface area contributed by atoms with E-state index in [1.165, 1.54) is 0 Å². The van der Waals surface area contributed by atoms with Gasteiger partial charge in [0, 0.05) is 18.2 Å². The summed E-state index contributed by atoms with van der Waals surface area (Å²) in [5, 5.41) is 2.98. The number of nitrogens with zero attached hydrogens (tertiary/aromatic N) is 1. The van der Waals surface area contributed by atoms with Gasteiger partial charge in [0.15, 0.2) is 0 Å². The second kappa shape index (κ2) is 7.36. The molecule has 3 heteroatoms. The van der Waals surface area contributed by atoms with E-state index in [-0.39, 0.29) is 5.91 Å². The summed E-state index contributed by atoms with van der Waals surface area (Å²) < 4.78 is 0. The molecular formula is C20H18N2O. The monoisotopic (exact) mass is 302 g/mol. The molecule has 2 aromatic carbocycles. The van der Waals surface area contributed by atoms with E-state index in [1.807, 2.05) is 72.8 Å². The fourth-order valence-electron chi connectivity index (χ4n) is 2.45. The number of pyridine rings is 1. The summed E-state index contributed by atoms with van der Waals surface area (Å²) in [4.78, 5) is 16.6. The predicted octanol–water partition coefficient (Wildman–Crippen LogP) is 4.32. The Kier molecular flexibility index (Phi) is 4.79. The van der Waals surface area contributed by atoms with Crippen LogP contribution in [-0.4, -0.2) is 10.9 Å². The lowest BCUT2D eigenvalue weighted by atomic mass is 10.1. The minimum Gasteiger partial charge on any atom is -0.324 e. The summed E-state index contributed by atoms with van der Waals surface area (Å²) in [7, 11) is 0. The number of amides is 1. The summed E-state index contributed by atoms with van der Waals surface area (Å²) >= 11 is 0. The number of benzene rings is 2. The minimum atomic E-state index is -0.000894. The maximum absolute atomic E-state index is 12.2. The van der Waals surface area contributed by atoms with Crippen molar-refractivity contribution in [2.75, 3.05) is 5.32 Å². The van der Waals surface area contributed by atoms with E-state index in [0.29, 0.717) is 6.42 Å². The highest BCUT2D eigenvalue weighted by atomic mass is 16.1. The van der Waals surface area contributed by atoms with Gasteiger partial charge >= 0.3 is 0 Å².